The minimum Gasteiger partial charge on any atom is -0.481 e. The molecule has 0 aliphatic heterocycles. The van der Waals surface area contributed by atoms with Gasteiger partial charge in [-0.15, -0.1) is 23.1 Å². The van der Waals surface area contributed by atoms with Crippen molar-refractivity contribution in [3.63, 3.8) is 0 Å². The lowest BCUT2D eigenvalue weighted by Crippen LogP contribution is -2.26. The van der Waals surface area contributed by atoms with Crippen molar-refractivity contribution in [3.8, 4) is 0 Å². The lowest BCUT2D eigenvalue weighted by atomic mass is 10.00. The van der Waals surface area contributed by atoms with Crippen molar-refractivity contribution in [1.82, 2.24) is 5.32 Å². The monoisotopic (exact) mass is 605 g/mol. The Morgan fingerprint density at radius 1 is 0.951 bits per heavy atom. The smallest absolute Gasteiger partial charge is 0.346 e. The number of aliphatic carboxylic acids is 2. The van der Waals surface area contributed by atoms with Gasteiger partial charge in [-0.3, -0.25) is 14.4 Å². The number of allylic oxidation sites excluding steroid dienone is 1. The van der Waals surface area contributed by atoms with Gasteiger partial charge in [-0.05, 0) is 61.5 Å². The van der Waals surface area contributed by atoms with Crippen molar-refractivity contribution < 1.29 is 44.4 Å². The Hall–Kier alpha value is -3.64. The Morgan fingerprint density at radius 2 is 1.56 bits per heavy atom. The maximum Gasteiger partial charge on any atom is 0.346 e. The molecular formula is C29H35NO9S2. The van der Waals surface area contributed by atoms with Crippen LogP contribution in [0.1, 0.15) is 87.0 Å². The molecule has 2 aromatic rings. The highest BCUT2D eigenvalue weighted by Crippen LogP contribution is 2.43. The molecule has 2 atom stereocenters. The van der Waals surface area contributed by atoms with Crippen LogP contribution in [-0.4, -0.2) is 63.0 Å². The van der Waals surface area contributed by atoms with Gasteiger partial charge in [-0.1, -0.05) is 37.6 Å². The zero-order valence-electron chi connectivity index (χ0n) is 22.9. The summed E-state index contributed by atoms with van der Waals surface area (Å²) in [5, 5.41) is 37.3. The van der Waals surface area contributed by atoms with E-state index in [-0.39, 0.29) is 41.7 Å². The summed E-state index contributed by atoms with van der Waals surface area (Å²) in [6.45, 7) is 2.60. The number of unbranched alkanes of at least 4 members (excludes halogenated alkanes) is 1. The van der Waals surface area contributed by atoms with Crippen molar-refractivity contribution in [1.29, 1.82) is 0 Å². The number of carbonyl (C=O) groups excluding carboxylic acids is 1. The van der Waals surface area contributed by atoms with E-state index in [0.717, 1.165) is 47.4 Å². The second kappa shape index (κ2) is 16.6. The van der Waals surface area contributed by atoms with E-state index in [0.29, 0.717) is 11.4 Å². The molecule has 2 unspecified atom stereocenters. The van der Waals surface area contributed by atoms with Crippen molar-refractivity contribution >= 4 is 59.0 Å². The summed E-state index contributed by atoms with van der Waals surface area (Å²) >= 11 is 3.02. The van der Waals surface area contributed by atoms with Gasteiger partial charge in [-0.2, -0.15) is 0 Å². The normalized spacial score (nSPS) is 16.1. The molecule has 0 radical (unpaired) electrons. The Bertz CT molecular complexity index is 1270. The molecule has 2 aliphatic rings. The Balaban J connectivity index is 0.000000219. The van der Waals surface area contributed by atoms with E-state index < -0.39 is 23.9 Å². The fourth-order valence-electron chi connectivity index (χ4n) is 4.23. The van der Waals surface area contributed by atoms with E-state index in [1.54, 1.807) is 23.9 Å². The summed E-state index contributed by atoms with van der Waals surface area (Å²) in [7, 11) is 0. The highest BCUT2D eigenvalue weighted by molar-refractivity contribution is 8.00. The summed E-state index contributed by atoms with van der Waals surface area (Å²) < 4.78 is 1.12. The number of thiophene rings is 1. The lowest BCUT2D eigenvalue weighted by Gasteiger charge is -2.06. The fraction of sp³-hybridized carbons (Fsp3) is 0.414. The molecule has 222 valence electrons. The number of carbonyl (C=O) groups is 5. The van der Waals surface area contributed by atoms with Gasteiger partial charge in [0.1, 0.15) is 4.88 Å². The highest BCUT2D eigenvalue weighted by Gasteiger charge is 2.39. The quantitative estimate of drug-likeness (QED) is 0.160. The molecule has 1 aromatic heterocycles. The van der Waals surface area contributed by atoms with Crippen LogP contribution in [0.25, 0.3) is 6.08 Å². The molecule has 10 nitrogen and oxygen atoms in total. The summed E-state index contributed by atoms with van der Waals surface area (Å²) in [5.41, 5.74) is 2.41. The van der Waals surface area contributed by atoms with Gasteiger partial charge in [0.25, 0.3) is 5.91 Å². The first-order chi connectivity index (χ1) is 19.5. The predicted molar refractivity (Wildman–Crippen MR) is 157 cm³/mol. The molecule has 1 saturated carbocycles. The summed E-state index contributed by atoms with van der Waals surface area (Å²) in [5.74, 6) is -3.63. The van der Waals surface area contributed by atoms with Gasteiger partial charge in [0, 0.05) is 24.9 Å². The maximum atomic E-state index is 11.7. The van der Waals surface area contributed by atoms with Crippen LogP contribution in [-0.2, 0) is 16.0 Å². The number of carboxylic acids is 4. The molecule has 1 heterocycles. The molecule has 1 aromatic carbocycles. The first-order valence-electron chi connectivity index (χ1n) is 13.1. The number of hydrogen-bond acceptors (Lipinski definition) is 7. The molecule has 1 amide bonds. The third-order valence-corrected chi connectivity index (χ3v) is 8.77. The van der Waals surface area contributed by atoms with Crippen molar-refractivity contribution in [2.75, 3.05) is 12.8 Å². The zero-order valence-corrected chi connectivity index (χ0v) is 24.6. The van der Waals surface area contributed by atoms with E-state index in [1.165, 1.54) is 23.5 Å². The minimum absolute atomic E-state index is 0.0384. The molecule has 0 saturated heterocycles. The lowest BCUT2D eigenvalue weighted by molar-refractivity contribution is -0.139. The Morgan fingerprint density at radius 3 is 2.07 bits per heavy atom. The summed E-state index contributed by atoms with van der Waals surface area (Å²) in [6, 6.07) is 6.20. The van der Waals surface area contributed by atoms with Crippen LogP contribution >= 0.6 is 23.1 Å². The molecule has 2 aliphatic carbocycles. The third-order valence-electron chi connectivity index (χ3n) is 6.40. The number of carboxylic acid groups (broad SMARTS) is 4. The second-order valence-electron chi connectivity index (χ2n) is 9.47. The Labute approximate surface area is 246 Å². The van der Waals surface area contributed by atoms with Gasteiger partial charge in [0.05, 0.1) is 15.3 Å². The van der Waals surface area contributed by atoms with Gasteiger partial charge >= 0.3 is 23.9 Å². The molecule has 12 heteroatoms. The van der Waals surface area contributed by atoms with Crippen LogP contribution in [0.3, 0.4) is 0 Å². The fourth-order valence-corrected chi connectivity index (χ4v) is 6.13. The molecular weight excluding hydrogens is 570 g/mol. The summed E-state index contributed by atoms with van der Waals surface area (Å²) in [4.78, 5) is 54.3. The Kier molecular flexibility index (Phi) is 13.6. The number of thioether (sulfide) groups is 1. The van der Waals surface area contributed by atoms with Gasteiger partial charge in [0.15, 0.2) is 0 Å². The number of fused-ring (bicyclic) bond motifs is 1. The number of aromatic carboxylic acids is 2. The topological polar surface area (TPSA) is 178 Å². The third kappa shape index (κ3) is 10.7. The standard InChI is InChI=1S/C12H15NO3.C10H10O2S2.C7H10O4/c1-2-3-8-13-11(14)9-6-4-5-7-10(9)12(15)16;1-13-10-7-5-3-2-4-6(7)8(14-10)9(11)12;8-6(9)2-4-1-5(4)3-7(10)11/h4-7H,2-3,8H2,1H3,(H,13,14)(H,15,16);3,5H,2,4H2,1H3,(H,11,12);4-5H,1-3H2,(H,8,9)(H,10,11). The molecule has 0 bridgehead atoms. The van der Waals surface area contributed by atoms with Crippen molar-refractivity contribution in [3.05, 3.63) is 57.5 Å². The average Bonchev–Trinajstić information content (AvgIpc) is 3.51. The predicted octanol–water partition coefficient (Wildman–Crippen LogP) is 5.61. The number of nitrogens with one attached hydrogen (secondary N) is 1. The van der Waals surface area contributed by atoms with E-state index in [9.17, 15) is 24.0 Å². The van der Waals surface area contributed by atoms with Gasteiger partial charge in [-0.25, -0.2) is 9.59 Å². The SMILES string of the molecule is CCCCNC(=O)c1ccccc1C(=O)O.CSc1sc(C(=O)O)c2c1C=CCC2.O=C(O)CC1CC1CC(=O)O. The van der Waals surface area contributed by atoms with Crippen LogP contribution in [0.2, 0.25) is 0 Å². The molecule has 41 heavy (non-hydrogen) atoms. The van der Waals surface area contributed by atoms with Crippen LogP contribution in [0, 0.1) is 11.8 Å². The maximum absolute atomic E-state index is 11.7. The second-order valence-corrected chi connectivity index (χ2v) is 11.6. The molecule has 1 fully saturated rings. The zero-order chi connectivity index (χ0) is 30.5. The van der Waals surface area contributed by atoms with Crippen LogP contribution in [0.15, 0.2) is 34.6 Å². The number of hydrogen-bond donors (Lipinski definition) is 5. The first kappa shape index (κ1) is 33.6. The van der Waals surface area contributed by atoms with Crippen molar-refractivity contribution in [2.45, 2.75) is 56.1 Å². The average molecular weight is 606 g/mol. The van der Waals surface area contributed by atoms with Gasteiger partial charge < -0.3 is 25.7 Å². The number of amides is 1. The summed E-state index contributed by atoms with van der Waals surface area (Å²) in [6.07, 6.45) is 10.9. The molecule has 4 rings (SSSR count). The van der Waals surface area contributed by atoms with Crippen LogP contribution in [0.4, 0.5) is 0 Å². The first-order valence-corrected chi connectivity index (χ1v) is 15.2. The van der Waals surface area contributed by atoms with Gasteiger partial charge in [0.2, 0.25) is 0 Å². The van der Waals surface area contributed by atoms with Crippen LogP contribution in [0.5, 0.6) is 0 Å². The highest BCUT2D eigenvalue weighted by atomic mass is 32.2. The van der Waals surface area contributed by atoms with Crippen LogP contribution < -0.4 is 5.32 Å². The number of rotatable bonds is 11. The largest absolute Gasteiger partial charge is 0.481 e. The van der Waals surface area contributed by atoms with E-state index in [2.05, 4.69) is 11.4 Å². The minimum atomic E-state index is -1.08. The number of benzene rings is 1. The van der Waals surface area contributed by atoms with Crippen molar-refractivity contribution in [2.24, 2.45) is 11.8 Å². The van der Waals surface area contributed by atoms with E-state index >= 15 is 0 Å². The molecule has 5 N–H and O–H groups in total. The molecule has 0 spiro atoms. The van der Waals surface area contributed by atoms with E-state index in [4.69, 9.17) is 20.4 Å². The van der Waals surface area contributed by atoms with E-state index in [1.807, 2.05) is 19.3 Å².